The molecular weight excluding hydrogens is 849 g/mol. The minimum atomic E-state index is -3.67. The number of aromatic nitrogens is 2. The van der Waals surface area contributed by atoms with Crippen LogP contribution in [0.25, 0.3) is 30.2 Å². The number of carbonyl (C=O) groups is 3. The number of hydrogen-bond acceptors (Lipinski definition) is 13. The summed E-state index contributed by atoms with van der Waals surface area (Å²) < 4.78 is 88.8. The summed E-state index contributed by atoms with van der Waals surface area (Å²) in [5.74, 6) is -3.16. The Bertz CT molecular complexity index is 2640. The number of carbonyl (C=O) groups excluding carboxylic acids is 3. The smallest absolute Gasteiger partial charge is 0.293 e. The number of rotatable bonds is 7. The minimum Gasteiger partial charge on any atom is -0.486 e. The van der Waals surface area contributed by atoms with Gasteiger partial charge in [-0.2, -0.15) is 0 Å². The fourth-order valence-corrected chi connectivity index (χ4v) is 10.1. The van der Waals surface area contributed by atoms with Crippen LogP contribution in [0, 0.1) is 11.6 Å². The third-order valence-electron chi connectivity index (χ3n) is 8.07. The number of anilines is 2. The van der Waals surface area contributed by atoms with Gasteiger partial charge in [0.05, 0.1) is 31.9 Å². The van der Waals surface area contributed by atoms with Gasteiger partial charge in [0.1, 0.15) is 34.7 Å². The third-order valence-corrected chi connectivity index (χ3v) is 13.4. The van der Waals surface area contributed by atoms with E-state index in [2.05, 4.69) is 20.6 Å². The summed E-state index contributed by atoms with van der Waals surface area (Å²) >= 11 is 2.18. The number of nitrogens with one attached hydrogen (secondary N) is 2. The average molecular weight is 882 g/mol. The highest BCUT2D eigenvalue weighted by Gasteiger charge is 2.35. The third kappa shape index (κ3) is 10.3. The Morgan fingerprint density at radius 3 is 1.39 bits per heavy atom. The monoisotopic (exact) mass is 881 g/mol. The first-order valence-corrected chi connectivity index (χ1v) is 22.3. The molecule has 20 heteroatoms. The van der Waals surface area contributed by atoms with Gasteiger partial charge in [-0.25, -0.2) is 35.6 Å². The van der Waals surface area contributed by atoms with Crippen LogP contribution < -0.4 is 10.6 Å². The molecule has 2 N–H and O–H groups in total. The molecule has 2 aliphatic rings. The predicted octanol–water partition coefficient (Wildman–Crippen LogP) is 6.08. The zero-order chi connectivity index (χ0) is 42.3. The largest absolute Gasteiger partial charge is 0.486 e. The van der Waals surface area contributed by atoms with Crippen molar-refractivity contribution in [1.29, 1.82) is 0 Å². The van der Waals surface area contributed by atoms with Crippen molar-refractivity contribution in [2.24, 2.45) is 0 Å². The van der Waals surface area contributed by atoms with Gasteiger partial charge in [-0.05, 0) is 47.5 Å². The van der Waals surface area contributed by atoms with E-state index in [0.29, 0.717) is 31.6 Å². The van der Waals surface area contributed by atoms with Gasteiger partial charge in [-0.1, -0.05) is 83.3 Å². The van der Waals surface area contributed by atoms with Gasteiger partial charge >= 0.3 is 0 Å². The molecule has 0 fully saturated rings. The molecule has 0 aliphatic carbocycles. The van der Waals surface area contributed by atoms with E-state index >= 15 is 0 Å². The number of halogens is 2. The van der Waals surface area contributed by atoms with Crippen LogP contribution in [-0.2, 0) is 43.5 Å². The summed E-state index contributed by atoms with van der Waals surface area (Å²) in [6, 6.07) is 24.9. The topological polar surface area (TPSA) is 191 Å². The number of ether oxygens (including phenoxy) is 2. The molecule has 3 amide bonds. The molecule has 0 bridgehead atoms. The molecule has 4 heterocycles. The van der Waals surface area contributed by atoms with E-state index in [1.54, 1.807) is 74.8 Å². The van der Waals surface area contributed by atoms with Crippen LogP contribution in [-0.4, -0.2) is 88.7 Å². The molecular formula is C39H33F2N5O9S4. The number of thiazole rings is 2. The summed E-state index contributed by atoms with van der Waals surface area (Å²) in [7, 11) is -3.96. The predicted molar refractivity (Wildman–Crippen MR) is 222 cm³/mol. The number of fused-ring (bicyclic) bond motifs is 2. The highest BCUT2D eigenvalue weighted by atomic mass is 32.2. The molecule has 306 valence electrons. The molecule has 8 rings (SSSR count). The van der Waals surface area contributed by atoms with Crippen LogP contribution in [0.1, 0.15) is 11.1 Å². The van der Waals surface area contributed by atoms with Crippen molar-refractivity contribution in [3.63, 3.8) is 0 Å². The molecule has 4 aromatic carbocycles. The summed E-state index contributed by atoms with van der Waals surface area (Å²) in [5, 5.41) is 5.57. The average Bonchev–Trinajstić information content (AvgIpc) is 3.80. The highest BCUT2D eigenvalue weighted by molar-refractivity contribution is 8.01. The molecule has 0 saturated heterocycles. The van der Waals surface area contributed by atoms with E-state index in [1.807, 2.05) is 0 Å². The summed E-state index contributed by atoms with van der Waals surface area (Å²) in [6.45, 7) is -0.209. The van der Waals surface area contributed by atoms with E-state index in [4.69, 9.17) is 9.47 Å². The lowest BCUT2D eigenvalue weighted by Gasteiger charge is -2.20. The molecule has 14 nitrogen and oxygen atoms in total. The van der Waals surface area contributed by atoms with Gasteiger partial charge in [0, 0.05) is 14.1 Å². The van der Waals surface area contributed by atoms with Gasteiger partial charge in [0.15, 0.2) is 29.9 Å². The van der Waals surface area contributed by atoms with Gasteiger partial charge in [-0.3, -0.25) is 25.0 Å². The fourth-order valence-electron chi connectivity index (χ4n) is 5.47. The Kier molecular flexibility index (Phi) is 13.1. The van der Waals surface area contributed by atoms with E-state index in [-0.39, 0.29) is 56.3 Å². The van der Waals surface area contributed by atoms with Crippen LogP contribution in [0.5, 0.6) is 0 Å². The molecule has 0 radical (unpaired) electrons. The van der Waals surface area contributed by atoms with E-state index in [1.165, 1.54) is 41.3 Å². The Balaban J connectivity index is 0.000000178. The maximum Gasteiger partial charge on any atom is 0.293 e. The molecule has 0 spiro atoms. The first-order valence-electron chi connectivity index (χ1n) is 17.3. The van der Waals surface area contributed by atoms with Crippen molar-refractivity contribution in [1.82, 2.24) is 14.9 Å². The van der Waals surface area contributed by atoms with Gasteiger partial charge in [-0.15, -0.1) is 0 Å². The highest BCUT2D eigenvalue weighted by Crippen LogP contribution is 2.34. The lowest BCUT2D eigenvalue weighted by atomic mass is 10.2. The second kappa shape index (κ2) is 18.2. The van der Waals surface area contributed by atoms with Crippen molar-refractivity contribution in [3.8, 4) is 0 Å². The zero-order valence-corrected chi connectivity index (χ0v) is 34.3. The fraction of sp³-hybridized carbons (Fsp3) is 0.154. The Labute approximate surface area is 344 Å². The summed E-state index contributed by atoms with van der Waals surface area (Å²) in [6.07, 6.45) is 0.750. The van der Waals surface area contributed by atoms with Crippen molar-refractivity contribution < 1.29 is 49.5 Å². The maximum atomic E-state index is 13.3. The summed E-state index contributed by atoms with van der Waals surface area (Å²) in [4.78, 5) is 44.5. The quantitative estimate of drug-likeness (QED) is 0.177. The van der Waals surface area contributed by atoms with Crippen molar-refractivity contribution >= 4 is 101 Å². The van der Waals surface area contributed by atoms with E-state index < -0.39 is 43.1 Å². The number of nitrogens with zero attached hydrogens (tertiary/aromatic N) is 3. The van der Waals surface area contributed by atoms with Crippen molar-refractivity contribution in [3.05, 3.63) is 131 Å². The minimum absolute atomic E-state index is 0.105. The molecule has 59 heavy (non-hydrogen) atoms. The van der Waals surface area contributed by atoms with Crippen LogP contribution in [0.15, 0.2) is 109 Å². The van der Waals surface area contributed by atoms with Gasteiger partial charge in [0.25, 0.3) is 11.8 Å². The first-order chi connectivity index (χ1) is 28.1. The lowest BCUT2D eigenvalue weighted by molar-refractivity contribution is -0.116. The van der Waals surface area contributed by atoms with Crippen LogP contribution >= 0.6 is 22.7 Å². The maximum absolute atomic E-state index is 13.3. The van der Waals surface area contributed by atoms with E-state index in [0.717, 1.165) is 29.1 Å². The second-order valence-electron chi connectivity index (χ2n) is 12.6. The number of benzene rings is 4. The number of hydrogen-bond donors (Lipinski definition) is 2. The molecule has 0 atom stereocenters. The Morgan fingerprint density at radius 2 is 1.03 bits per heavy atom. The standard InChI is InChI=1S/2C18H13FN2O4S2.C3H7NO/c2*19-12-6-7-13-14(10-12)26-18(20-13)21-17(22)15-16(11-4-2-1-3-5-11)27(23,24)9-8-25-15;1-4(2)3-5/h2*1-7,10H,8-9H2,(H,20,21,22);3H,1-2H3. The van der Waals surface area contributed by atoms with Crippen LogP contribution in [0.2, 0.25) is 0 Å². The van der Waals surface area contributed by atoms with Crippen molar-refractivity contribution in [2.45, 2.75) is 0 Å². The number of amides is 3. The molecule has 2 aliphatic heterocycles. The van der Waals surface area contributed by atoms with Gasteiger partial charge in [0.2, 0.25) is 17.9 Å². The Morgan fingerprint density at radius 1 is 0.661 bits per heavy atom. The second-order valence-corrected chi connectivity index (χ2v) is 18.8. The molecule has 6 aromatic rings. The van der Waals surface area contributed by atoms with Crippen LogP contribution in [0.4, 0.5) is 19.0 Å². The van der Waals surface area contributed by atoms with Crippen LogP contribution in [0.3, 0.4) is 0 Å². The lowest BCUT2D eigenvalue weighted by Crippen LogP contribution is -2.28. The normalized spacial score (nSPS) is 15.4. The van der Waals surface area contributed by atoms with Gasteiger partial charge < -0.3 is 14.4 Å². The first kappa shape index (κ1) is 42.5. The number of sulfone groups is 2. The Hall–Kier alpha value is -6.09. The van der Waals surface area contributed by atoms with Crippen molar-refractivity contribution in [2.75, 3.05) is 49.4 Å². The SMILES string of the molecule is CN(C)C=O.O=C(Nc1nc2ccc(F)cc2s1)C1=C(c2ccccc2)S(=O)(=O)CCO1.O=C(Nc1nc2ccc(F)cc2s1)C1=C(c2ccccc2)S(=O)(=O)CCO1. The zero-order valence-electron chi connectivity index (χ0n) is 31.0. The molecule has 0 saturated carbocycles. The summed E-state index contributed by atoms with van der Waals surface area (Å²) in [5.41, 5.74) is 1.83. The molecule has 2 aromatic heterocycles. The van der Waals surface area contributed by atoms with E-state index in [9.17, 15) is 40.0 Å². The molecule has 0 unspecified atom stereocenters.